The largest absolute Gasteiger partial charge is 0.497 e. The molecule has 1 aromatic carbocycles. The number of carbonyl (C=O) groups is 1. The number of carbonyl (C=O) groups excluding carboxylic acids is 1. The predicted molar refractivity (Wildman–Crippen MR) is 95.4 cm³/mol. The second kappa shape index (κ2) is 7.43. The summed E-state index contributed by atoms with van der Waals surface area (Å²) in [6.07, 6.45) is 1.70. The Balaban J connectivity index is 1.71. The molecule has 0 N–H and O–H groups in total. The molecule has 1 aromatic heterocycles. The number of ether oxygens (including phenoxy) is 1. The lowest BCUT2D eigenvalue weighted by Gasteiger charge is -2.15. The first kappa shape index (κ1) is 15.8. The molecule has 0 spiro atoms. The molecule has 1 aliphatic heterocycles. The smallest absolute Gasteiger partial charge is 0.239 e. The fraction of sp³-hybridized carbons (Fsp3) is 0.188. The highest BCUT2D eigenvalue weighted by Crippen LogP contribution is 2.23. The molecule has 1 amide bonds. The number of thioether (sulfide) groups is 1. The molecule has 0 atom stereocenters. The maximum Gasteiger partial charge on any atom is 0.239 e. The lowest BCUT2D eigenvalue weighted by atomic mass is 10.2. The molecule has 118 valence electrons. The molecule has 7 heteroatoms. The quantitative estimate of drug-likeness (QED) is 0.617. The van der Waals surface area contributed by atoms with Gasteiger partial charge in [-0.2, -0.15) is 5.10 Å². The molecule has 0 radical (unpaired) electrons. The average molecular weight is 345 g/mol. The molecule has 2 heterocycles. The Hall–Kier alpha value is -2.12. The highest BCUT2D eigenvalue weighted by molar-refractivity contribution is 8.15. The maximum atomic E-state index is 12.1. The molecule has 0 saturated carbocycles. The number of amidine groups is 1. The average Bonchev–Trinajstić information content (AvgIpc) is 3.20. The van der Waals surface area contributed by atoms with Gasteiger partial charge in [0.2, 0.25) is 5.91 Å². The van der Waals surface area contributed by atoms with E-state index in [0.717, 1.165) is 16.2 Å². The van der Waals surface area contributed by atoms with Crippen LogP contribution in [0, 0.1) is 0 Å². The van der Waals surface area contributed by atoms with Crippen molar-refractivity contribution < 1.29 is 9.53 Å². The number of amides is 1. The fourth-order valence-corrected chi connectivity index (χ4v) is 3.46. The number of methoxy groups -OCH3 is 1. The van der Waals surface area contributed by atoms with E-state index in [1.165, 1.54) is 11.8 Å². The van der Waals surface area contributed by atoms with Crippen molar-refractivity contribution in [2.24, 2.45) is 10.2 Å². The van der Waals surface area contributed by atoms with Crippen LogP contribution in [0.25, 0.3) is 0 Å². The van der Waals surface area contributed by atoms with Crippen LogP contribution in [-0.2, 0) is 11.3 Å². The van der Waals surface area contributed by atoms with Crippen LogP contribution in [-0.4, -0.2) is 35.1 Å². The third kappa shape index (κ3) is 4.00. The van der Waals surface area contributed by atoms with Crippen molar-refractivity contribution in [3.05, 3.63) is 52.2 Å². The summed E-state index contributed by atoms with van der Waals surface area (Å²) in [7, 11) is 1.63. The first-order valence-electron chi connectivity index (χ1n) is 6.97. The van der Waals surface area contributed by atoms with Gasteiger partial charge in [0.1, 0.15) is 5.75 Å². The number of nitrogens with zero attached hydrogens (tertiary/aromatic N) is 3. The Labute approximate surface area is 142 Å². The van der Waals surface area contributed by atoms with Crippen molar-refractivity contribution >= 4 is 40.4 Å². The van der Waals surface area contributed by atoms with Gasteiger partial charge >= 0.3 is 0 Å². The lowest BCUT2D eigenvalue weighted by Crippen LogP contribution is -2.28. The zero-order valence-corrected chi connectivity index (χ0v) is 14.1. The minimum Gasteiger partial charge on any atom is -0.497 e. The number of hydrogen-bond acceptors (Lipinski definition) is 6. The normalized spacial score (nSPS) is 16.7. The molecular weight excluding hydrogens is 330 g/mol. The fourth-order valence-electron chi connectivity index (χ4n) is 2.04. The Bertz CT molecular complexity index is 724. The Morgan fingerprint density at radius 3 is 2.83 bits per heavy atom. The van der Waals surface area contributed by atoms with E-state index in [9.17, 15) is 4.79 Å². The van der Waals surface area contributed by atoms with Gasteiger partial charge in [-0.1, -0.05) is 30.0 Å². The third-order valence-corrected chi connectivity index (χ3v) is 4.99. The van der Waals surface area contributed by atoms with Gasteiger partial charge in [0.05, 0.1) is 25.6 Å². The Morgan fingerprint density at radius 1 is 1.30 bits per heavy atom. The van der Waals surface area contributed by atoms with Crippen LogP contribution in [0.5, 0.6) is 5.75 Å². The second-order valence-corrected chi connectivity index (χ2v) is 6.68. The van der Waals surface area contributed by atoms with Crippen LogP contribution in [0.1, 0.15) is 10.4 Å². The van der Waals surface area contributed by atoms with E-state index in [1.807, 2.05) is 41.8 Å². The maximum absolute atomic E-state index is 12.1. The van der Waals surface area contributed by atoms with Crippen molar-refractivity contribution in [1.29, 1.82) is 0 Å². The molecule has 23 heavy (non-hydrogen) atoms. The van der Waals surface area contributed by atoms with Crippen LogP contribution in [0.3, 0.4) is 0 Å². The summed E-state index contributed by atoms with van der Waals surface area (Å²) in [5, 5.41) is 10.9. The molecular formula is C16H15N3O2S2. The summed E-state index contributed by atoms with van der Waals surface area (Å²) >= 11 is 3.01. The van der Waals surface area contributed by atoms with Crippen LogP contribution in [0.4, 0.5) is 0 Å². The zero-order valence-electron chi connectivity index (χ0n) is 12.5. The van der Waals surface area contributed by atoms with Gasteiger partial charge in [-0.3, -0.25) is 9.69 Å². The lowest BCUT2D eigenvalue weighted by molar-refractivity contribution is -0.124. The summed E-state index contributed by atoms with van der Waals surface area (Å²) in [6, 6.07) is 11.6. The zero-order chi connectivity index (χ0) is 16.1. The summed E-state index contributed by atoms with van der Waals surface area (Å²) in [5.74, 6) is 1.25. The summed E-state index contributed by atoms with van der Waals surface area (Å²) in [6.45, 7) is 0.489. The number of thiophene rings is 1. The van der Waals surface area contributed by atoms with E-state index in [2.05, 4.69) is 10.2 Å². The SMILES string of the molecule is COc1ccc(CN2C(=O)CSC2=N/N=C/c2cccs2)cc1. The topological polar surface area (TPSA) is 54.3 Å². The first-order chi connectivity index (χ1) is 11.3. The van der Waals surface area contributed by atoms with Gasteiger partial charge in [0.25, 0.3) is 0 Å². The molecule has 1 fully saturated rings. The molecule has 3 rings (SSSR count). The van der Waals surface area contributed by atoms with Crippen molar-refractivity contribution in [1.82, 2.24) is 4.90 Å². The number of benzene rings is 1. The monoisotopic (exact) mass is 345 g/mol. The molecule has 0 bridgehead atoms. The molecule has 0 aliphatic carbocycles. The van der Waals surface area contributed by atoms with Crippen LogP contribution < -0.4 is 4.74 Å². The van der Waals surface area contributed by atoms with Gasteiger partial charge in [-0.05, 0) is 29.1 Å². The summed E-state index contributed by atoms with van der Waals surface area (Å²) in [4.78, 5) is 14.8. The number of hydrogen-bond donors (Lipinski definition) is 0. The molecule has 1 saturated heterocycles. The van der Waals surface area contributed by atoms with Crippen LogP contribution in [0.15, 0.2) is 52.0 Å². The number of rotatable bonds is 5. The predicted octanol–water partition coefficient (Wildman–Crippen LogP) is 3.22. The Morgan fingerprint density at radius 2 is 2.13 bits per heavy atom. The van der Waals surface area contributed by atoms with Gasteiger partial charge in [0, 0.05) is 4.88 Å². The van der Waals surface area contributed by atoms with E-state index in [4.69, 9.17) is 4.74 Å². The minimum atomic E-state index is 0.0518. The highest BCUT2D eigenvalue weighted by atomic mass is 32.2. The summed E-state index contributed by atoms with van der Waals surface area (Å²) in [5.41, 5.74) is 1.02. The standard InChI is InChI=1S/C16H15N3O2S2/c1-21-13-6-4-12(5-7-13)10-19-15(20)11-23-16(19)18-17-9-14-3-2-8-22-14/h2-9H,10-11H2,1H3/b17-9+,18-16?. The molecule has 1 aliphatic rings. The third-order valence-electron chi connectivity index (χ3n) is 3.23. The van der Waals surface area contributed by atoms with Crippen LogP contribution >= 0.6 is 23.1 Å². The van der Waals surface area contributed by atoms with Gasteiger partial charge in [-0.15, -0.1) is 16.4 Å². The van der Waals surface area contributed by atoms with Crippen molar-refractivity contribution in [2.75, 3.05) is 12.9 Å². The minimum absolute atomic E-state index is 0.0518. The molecule has 5 nitrogen and oxygen atoms in total. The van der Waals surface area contributed by atoms with E-state index < -0.39 is 0 Å². The van der Waals surface area contributed by atoms with E-state index >= 15 is 0 Å². The van der Waals surface area contributed by atoms with Crippen LogP contribution in [0.2, 0.25) is 0 Å². The van der Waals surface area contributed by atoms with Gasteiger partial charge in [-0.25, -0.2) is 0 Å². The molecule has 0 unspecified atom stereocenters. The Kier molecular flexibility index (Phi) is 5.09. The van der Waals surface area contributed by atoms with E-state index in [0.29, 0.717) is 17.5 Å². The van der Waals surface area contributed by atoms with Gasteiger partial charge in [0.15, 0.2) is 5.17 Å². The summed E-state index contributed by atoms with van der Waals surface area (Å²) < 4.78 is 5.14. The first-order valence-corrected chi connectivity index (χ1v) is 8.83. The van der Waals surface area contributed by atoms with E-state index in [1.54, 1.807) is 29.6 Å². The van der Waals surface area contributed by atoms with Crippen molar-refractivity contribution in [2.45, 2.75) is 6.54 Å². The van der Waals surface area contributed by atoms with E-state index in [-0.39, 0.29) is 5.91 Å². The second-order valence-electron chi connectivity index (χ2n) is 4.76. The van der Waals surface area contributed by atoms with Gasteiger partial charge < -0.3 is 4.74 Å². The highest BCUT2D eigenvalue weighted by Gasteiger charge is 2.28. The molecule has 2 aromatic rings. The van der Waals surface area contributed by atoms with Crippen molar-refractivity contribution in [3.63, 3.8) is 0 Å². The van der Waals surface area contributed by atoms with Crippen molar-refractivity contribution in [3.8, 4) is 5.75 Å².